The molecular weight excluding hydrogens is 416 g/mol. The number of hydrazone groups is 1. The minimum atomic E-state index is -0.489. The van der Waals surface area contributed by atoms with Gasteiger partial charge < -0.3 is 0 Å². The SMILES string of the molecule is O=C(N/N=C/c1cccc([N+](=O)[O-])c1)c1cc(-c2ccc(Cl)cc2)nc2ccccc12. The molecule has 1 amide bonds. The second-order valence-corrected chi connectivity index (χ2v) is 7.07. The van der Waals surface area contributed by atoms with Gasteiger partial charge in [0, 0.05) is 33.7 Å². The number of halogens is 1. The molecule has 3 aromatic carbocycles. The first-order valence-corrected chi connectivity index (χ1v) is 9.62. The highest BCUT2D eigenvalue weighted by Crippen LogP contribution is 2.26. The second-order valence-electron chi connectivity index (χ2n) is 6.63. The molecule has 8 heteroatoms. The molecule has 0 saturated heterocycles. The van der Waals surface area contributed by atoms with Crippen molar-refractivity contribution in [2.45, 2.75) is 0 Å². The average molecular weight is 431 g/mol. The number of aromatic nitrogens is 1. The molecular formula is C23H15ClN4O3. The average Bonchev–Trinajstić information content (AvgIpc) is 2.79. The number of nitrogens with zero attached hydrogens (tertiary/aromatic N) is 3. The summed E-state index contributed by atoms with van der Waals surface area (Å²) in [5, 5.41) is 16.1. The van der Waals surface area contributed by atoms with Gasteiger partial charge in [-0.2, -0.15) is 5.10 Å². The third kappa shape index (κ3) is 4.57. The van der Waals surface area contributed by atoms with E-state index in [1.165, 1.54) is 18.3 Å². The predicted octanol–water partition coefficient (Wildman–Crippen LogP) is 5.23. The lowest BCUT2D eigenvalue weighted by atomic mass is 10.0. The van der Waals surface area contributed by atoms with Crippen molar-refractivity contribution in [1.29, 1.82) is 0 Å². The Bertz CT molecular complexity index is 1320. The van der Waals surface area contributed by atoms with Crippen LogP contribution in [0, 0.1) is 10.1 Å². The van der Waals surface area contributed by atoms with Crippen molar-refractivity contribution in [3.63, 3.8) is 0 Å². The van der Waals surface area contributed by atoms with Crippen LogP contribution in [0.1, 0.15) is 15.9 Å². The third-order valence-corrected chi connectivity index (χ3v) is 4.81. The summed E-state index contributed by atoms with van der Waals surface area (Å²) in [5.74, 6) is -0.421. The molecule has 152 valence electrons. The highest BCUT2D eigenvalue weighted by Gasteiger charge is 2.13. The number of pyridine rings is 1. The Morgan fingerprint density at radius 2 is 1.81 bits per heavy atom. The molecule has 0 fully saturated rings. The molecule has 0 aliphatic heterocycles. The van der Waals surface area contributed by atoms with Gasteiger partial charge in [0.15, 0.2) is 0 Å². The van der Waals surface area contributed by atoms with Gasteiger partial charge in [-0.05, 0) is 24.3 Å². The van der Waals surface area contributed by atoms with E-state index in [1.54, 1.807) is 30.3 Å². The van der Waals surface area contributed by atoms with Crippen molar-refractivity contribution in [3.8, 4) is 11.3 Å². The molecule has 31 heavy (non-hydrogen) atoms. The molecule has 0 saturated carbocycles. The molecule has 0 aliphatic rings. The van der Waals surface area contributed by atoms with Crippen molar-refractivity contribution < 1.29 is 9.72 Å². The van der Waals surface area contributed by atoms with Crippen LogP contribution >= 0.6 is 11.6 Å². The Kier molecular flexibility index (Phi) is 5.68. The van der Waals surface area contributed by atoms with Crippen LogP contribution in [-0.4, -0.2) is 22.0 Å². The lowest BCUT2D eigenvalue weighted by Gasteiger charge is -2.09. The maximum absolute atomic E-state index is 12.9. The molecule has 0 aliphatic carbocycles. The van der Waals surface area contributed by atoms with Crippen LogP contribution in [0.2, 0.25) is 5.02 Å². The molecule has 1 aromatic heterocycles. The van der Waals surface area contributed by atoms with Crippen molar-refractivity contribution in [2.75, 3.05) is 0 Å². The zero-order valence-corrected chi connectivity index (χ0v) is 16.8. The molecule has 1 heterocycles. The Balaban J connectivity index is 1.65. The van der Waals surface area contributed by atoms with Gasteiger partial charge in [-0.15, -0.1) is 0 Å². The fraction of sp³-hybridized carbons (Fsp3) is 0. The summed E-state index contributed by atoms with van der Waals surface area (Å²) in [6, 6.07) is 22.2. The smallest absolute Gasteiger partial charge is 0.267 e. The highest BCUT2D eigenvalue weighted by atomic mass is 35.5. The Labute approximate surface area is 182 Å². The molecule has 7 nitrogen and oxygen atoms in total. The summed E-state index contributed by atoms with van der Waals surface area (Å²) in [4.78, 5) is 27.9. The van der Waals surface area contributed by atoms with Gasteiger partial charge in [-0.1, -0.05) is 54.1 Å². The summed E-state index contributed by atoms with van der Waals surface area (Å²) in [6.45, 7) is 0. The second kappa shape index (κ2) is 8.73. The summed E-state index contributed by atoms with van der Waals surface area (Å²) < 4.78 is 0. The minimum absolute atomic E-state index is 0.0528. The van der Waals surface area contributed by atoms with Gasteiger partial charge in [-0.25, -0.2) is 10.4 Å². The number of fused-ring (bicyclic) bond motifs is 1. The predicted molar refractivity (Wildman–Crippen MR) is 120 cm³/mol. The number of nitro benzene ring substituents is 1. The number of carbonyl (C=O) groups excluding carboxylic acids is 1. The standard InChI is InChI=1S/C23H15ClN4O3/c24-17-10-8-16(9-11-17)22-13-20(19-6-1-2-7-21(19)26-22)23(29)27-25-14-15-4-3-5-18(12-15)28(30)31/h1-14H,(H,27,29)/b25-14+. The van der Waals surface area contributed by atoms with Crippen molar-refractivity contribution >= 4 is 40.3 Å². The van der Waals surface area contributed by atoms with Crippen molar-refractivity contribution in [1.82, 2.24) is 10.4 Å². The van der Waals surface area contributed by atoms with E-state index in [-0.39, 0.29) is 5.69 Å². The van der Waals surface area contributed by atoms with E-state index in [9.17, 15) is 14.9 Å². The van der Waals surface area contributed by atoms with Crippen LogP contribution in [0.3, 0.4) is 0 Å². The fourth-order valence-electron chi connectivity index (χ4n) is 3.08. The Morgan fingerprint density at radius 1 is 1.03 bits per heavy atom. The maximum Gasteiger partial charge on any atom is 0.272 e. The summed E-state index contributed by atoms with van der Waals surface area (Å²) in [5.41, 5.74) is 5.46. The third-order valence-electron chi connectivity index (χ3n) is 4.56. The number of nitrogens with one attached hydrogen (secondary N) is 1. The van der Waals surface area contributed by atoms with Crippen LogP contribution in [0.25, 0.3) is 22.2 Å². The minimum Gasteiger partial charge on any atom is -0.267 e. The Hall–Kier alpha value is -4.10. The normalized spacial score (nSPS) is 11.0. The Morgan fingerprint density at radius 3 is 2.58 bits per heavy atom. The number of amides is 1. The summed E-state index contributed by atoms with van der Waals surface area (Å²) in [6.07, 6.45) is 1.36. The number of carbonyl (C=O) groups is 1. The fourth-order valence-corrected chi connectivity index (χ4v) is 3.20. The number of para-hydroxylation sites is 1. The van der Waals surface area contributed by atoms with Gasteiger partial charge in [-0.3, -0.25) is 14.9 Å². The van der Waals surface area contributed by atoms with Gasteiger partial charge in [0.05, 0.1) is 27.9 Å². The number of hydrogen-bond donors (Lipinski definition) is 1. The van der Waals surface area contributed by atoms with Gasteiger partial charge in [0.2, 0.25) is 0 Å². The van der Waals surface area contributed by atoms with Gasteiger partial charge >= 0.3 is 0 Å². The van der Waals surface area contributed by atoms with Crippen molar-refractivity contribution in [3.05, 3.63) is 105 Å². The lowest BCUT2D eigenvalue weighted by Crippen LogP contribution is -2.18. The van der Waals surface area contributed by atoms with Crippen LogP contribution in [0.4, 0.5) is 5.69 Å². The first-order chi connectivity index (χ1) is 15.0. The maximum atomic E-state index is 12.9. The number of non-ortho nitro benzene ring substituents is 1. The lowest BCUT2D eigenvalue weighted by molar-refractivity contribution is -0.384. The summed E-state index contributed by atoms with van der Waals surface area (Å²) >= 11 is 5.97. The monoisotopic (exact) mass is 430 g/mol. The molecule has 0 atom stereocenters. The molecule has 0 radical (unpaired) electrons. The quantitative estimate of drug-likeness (QED) is 0.266. The number of nitro groups is 1. The van der Waals surface area contributed by atoms with E-state index < -0.39 is 10.8 Å². The van der Waals surface area contributed by atoms with E-state index >= 15 is 0 Å². The molecule has 4 rings (SSSR count). The zero-order valence-electron chi connectivity index (χ0n) is 16.0. The van der Waals surface area contributed by atoms with Crippen LogP contribution < -0.4 is 5.43 Å². The molecule has 4 aromatic rings. The van der Waals surface area contributed by atoms with Crippen LogP contribution in [0.5, 0.6) is 0 Å². The topological polar surface area (TPSA) is 97.5 Å². The van der Waals surface area contributed by atoms with Gasteiger partial charge in [0.1, 0.15) is 0 Å². The summed E-state index contributed by atoms with van der Waals surface area (Å²) in [7, 11) is 0. The van der Waals surface area contributed by atoms with E-state index in [4.69, 9.17) is 11.6 Å². The van der Waals surface area contributed by atoms with Gasteiger partial charge in [0.25, 0.3) is 11.6 Å². The number of rotatable bonds is 5. The number of benzene rings is 3. The van der Waals surface area contributed by atoms with Crippen LogP contribution in [0.15, 0.2) is 84.0 Å². The van der Waals surface area contributed by atoms with E-state index in [2.05, 4.69) is 15.5 Å². The first kappa shape index (κ1) is 20.2. The zero-order chi connectivity index (χ0) is 21.8. The number of hydrogen-bond acceptors (Lipinski definition) is 5. The molecule has 1 N–H and O–H groups in total. The molecule has 0 bridgehead atoms. The highest BCUT2D eigenvalue weighted by molar-refractivity contribution is 6.30. The van der Waals surface area contributed by atoms with E-state index in [0.29, 0.717) is 32.7 Å². The molecule has 0 spiro atoms. The van der Waals surface area contributed by atoms with E-state index in [0.717, 1.165) is 5.56 Å². The van der Waals surface area contributed by atoms with E-state index in [1.807, 2.05) is 36.4 Å². The largest absolute Gasteiger partial charge is 0.272 e. The van der Waals surface area contributed by atoms with Crippen LogP contribution in [-0.2, 0) is 0 Å². The first-order valence-electron chi connectivity index (χ1n) is 9.25. The molecule has 0 unspecified atom stereocenters. The van der Waals surface area contributed by atoms with Crippen molar-refractivity contribution in [2.24, 2.45) is 5.10 Å².